The van der Waals surface area contributed by atoms with Gasteiger partial charge < -0.3 is 10.4 Å². The van der Waals surface area contributed by atoms with Crippen molar-refractivity contribution in [2.24, 2.45) is 0 Å². The van der Waals surface area contributed by atoms with Gasteiger partial charge in [0, 0.05) is 17.6 Å². The quantitative estimate of drug-likeness (QED) is 0.712. The lowest BCUT2D eigenvalue weighted by atomic mass is 9.78. The molecule has 3 heteroatoms. The minimum absolute atomic E-state index is 0.0280. The number of aliphatic hydroxyl groups is 1. The van der Waals surface area contributed by atoms with Crippen LogP contribution in [0.3, 0.4) is 0 Å². The lowest BCUT2D eigenvalue weighted by Crippen LogP contribution is -2.57. The third kappa shape index (κ3) is 4.44. The number of nitrogens with zero attached hydrogens (tertiary/aromatic N) is 1. The summed E-state index contributed by atoms with van der Waals surface area (Å²) < 4.78 is 0. The van der Waals surface area contributed by atoms with Crippen LogP contribution in [0.4, 0.5) is 0 Å². The smallest absolute Gasteiger partial charge is 0.0613 e. The lowest BCUT2D eigenvalue weighted by Gasteiger charge is -2.46. The molecule has 2 N–H and O–H groups in total. The van der Waals surface area contributed by atoms with Gasteiger partial charge in [-0.2, -0.15) is 0 Å². The topological polar surface area (TPSA) is 35.5 Å². The molecular formula is C16H34N2O. The molecule has 3 unspecified atom stereocenters. The maximum atomic E-state index is 9.86. The average Bonchev–Trinajstić information content (AvgIpc) is 2.46. The first kappa shape index (κ1) is 16.9. The lowest BCUT2D eigenvalue weighted by molar-refractivity contribution is 0.0438. The maximum absolute atomic E-state index is 9.86. The number of hydrogen-bond donors (Lipinski definition) is 2. The van der Waals surface area contributed by atoms with Gasteiger partial charge in [0.15, 0.2) is 0 Å². The van der Waals surface area contributed by atoms with E-state index in [1.807, 2.05) is 0 Å². The molecule has 19 heavy (non-hydrogen) atoms. The largest absolute Gasteiger partial charge is 0.394 e. The molecule has 0 spiro atoms. The molecule has 1 aliphatic carbocycles. The third-order valence-corrected chi connectivity index (χ3v) is 4.86. The summed E-state index contributed by atoms with van der Waals surface area (Å²) >= 11 is 0. The van der Waals surface area contributed by atoms with Crippen LogP contribution in [0.25, 0.3) is 0 Å². The molecule has 0 amide bonds. The van der Waals surface area contributed by atoms with E-state index < -0.39 is 0 Å². The first-order chi connectivity index (χ1) is 9.12. The first-order valence-corrected chi connectivity index (χ1v) is 8.24. The van der Waals surface area contributed by atoms with Crippen LogP contribution in [0, 0.1) is 0 Å². The molecule has 0 bridgehead atoms. The van der Waals surface area contributed by atoms with Crippen molar-refractivity contribution in [3.8, 4) is 0 Å². The Morgan fingerprint density at radius 2 is 2.11 bits per heavy atom. The fourth-order valence-corrected chi connectivity index (χ4v) is 3.53. The maximum Gasteiger partial charge on any atom is 0.0613 e. The van der Waals surface area contributed by atoms with Crippen LogP contribution >= 0.6 is 0 Å². The fourth-order valence-electron chi connectivity index (χ4n) is 3.53. The van der Waals surface area contributed by atoms with Crippen molar-refractivity contribution in [3.05, 3.63) is 0 Å². The zero-order chi connectivity index (χ0) is 14.3. The van der Waals surface area contributed by atoms with Gasteiger partial charge in [0.1, 0.15) is 0 Å². The standard InChI is InChI=1S/C16H34N2O/c1-5-11-17-16(13-19)10-8-9-15(12-16)18(7-3)14(4)6-2/h14-15,17,19H,5-13H2,1-4H3. The highest BCUT2D eigenvalue weighted by Gasteiger charge is 2.37. The van der Waals surface area contributed by atoms with Gasteiger partial charge in [-0.05, 0) is 58.5 Å². The highest BCUT2D eigenvalue weighted by atomic mass is 16.3. The van der Waals surface area contributed by atoms with Crippen molar-refractivity contribution in [2.45, 2.75) is 83.8 Å². The predicted molar refractivity (Wildman–Crippen MR) is 82.5 cm³/mol. The van der Waals surface area contributed by atoms with E-state index in [0.717, 1.165) is 32.4 Å². The predicted octanol–water partition coefficient (Wildman–Crippen LogP) is 2.78. The van der Waals surface area contributed by atoms with Crippen LogP contribution in [0.15, 0.2) is 0 Å². The Morgan fingerprint density at radius 1 is 1.37 bits per heavy atom. The molecule has 0 radical (unpaired) electrons. The first-order valence-electron chi connectivity index (χ1n) is 8.24. The minimum Gasteiger partial charge on any atom is -0.394 e. The van der Waals surface area contributed by atoms with Crippen molar-refractivity contribution in [2.75, 3.05) is 19.7 Å². The molecule has 1 saturated carbocycles. The average molecular weight is 270 g/mol. The number of aliphatic hydroxyl groups excluding tert-OH is 1. The normalized spacial score (nSPS) is 29.7. The van der Waals surface area contributed by atoms with Gasteiger partial charge >= 0.3 is 0 Å². The second-order valence-corrected chi connectivity index (χ2v) is 6.20. The monoisotopic (exact) mass is 270 g/mol. The van der Waals surface area contributed by atoms with E-state index >= 15 is 0 Å². The summed E-state index contributed by atoms with van der Waals surface area (Å²) in [4.78, 5) is 2.64. The van der Waals surface area contributed by atoms with Crippen molar-refractivity contribution >= 4 is 0 Å². The van der Waals surface area contributed by atoms with Crippen LogP contribution in [0.2, 0.25) is 0 Å². The van der Waals surface area contributed by atoms with Crippen LogP contribution < -0.4 is 5.32 Å². The van der Waals surface area contributed by atoms with Crippen LogP contribution in [-0.2, 0) is 0 Å². The minimum atomic E-state index is -0.0280. The van der Waals surface area contributed by atoms with Crippen molar-refractivity contribution in [1.29, 1.82) is 0 Å². The molecule has 1 aliphatic rings. The van der Waals surface area contributed by atoms with Gasteiger partial charge in [-0.15, -0.1) is 0 Å². The number of nitrogens with one attached hydrogen (secondary N) is 1. The fraction of sp³-hybridized carbons (Fsp3) is 1.00. The van der Waals surface area contributed by atoms with E-state index in [-0.39, 0.29) is 12.1 Å². The zero-order valence-corrected chi connectivity index (χ0v) is 13.4. The molecule has 114 valence electrons. The van der Waals surface area contributed by atoms with Crippen LogP contribution in [0.5, 0.6) is 0 Å². The second kappa shape index (κ2) is 8.23. The highest BCUT2D eigenvalue weighted by molar-refractivity contribution is 4.97. The molecule has 0 aromatic heterocycles. The summed E-state index contributed by atoms with van der Waals surface area (Å²) in [5.74, 6) is 0. The van der Waals surface area contributed by atoms with Gasteiger partial charge in [-0.3, -0.25) is 4.90 Å². The molecule has 0 aromatic rings. The number of hydrogen-bond acceptors (Lipinski definition) is 3. The van der Waals surface area contributed by atoms with Gasteiger partial charge in [0.25, 0.3) is 0 Å². The molecule has 0 aromatic carbocycles. The van der Waals surface area contributed by atoms with E-state index in [9.17, 15) is 5.11 Å². The highest BCUT2D eigenvalue weighted by Crippen LogP contribution is 2.32. The second-order valence-electron chi connectivity index (χ2n) is 6.20. The Kier molecular flexibility index (Phi) is 7.33. The Labute approximate surface area is 119 Å². The van der Waals surface area contributed by atoms with E-state index in [1.165, 1.54) is 19.3 Å². The Bertz CT molecular complexity index is 247. The van der Waals surface area contributed by atoms with Gasteiger partial charge in [0.2, 0.25) is 0 Å². The van der Waals surface area contributed by atoms with Crippen molar-refractivity contribution in [1.82, 2.24) is 10.2 Å². The molecular weight excluding hydrogens is 236 g/mol. The summed E-state index contributed by atoms with van der Waals surface area (Å²) in [5.41, 5.74) is -0.0280. The molecule has 3 atom stereocenters. The van der Waals surface area contributed by atoms with Crippen LogP contribution in [0.1, 0.15) is 66.2 Å². The Hall–Kier alpha value is -0.120. The van der Waals surface area contributed by atoms with Crippen molar-refractivity contribution < 1.29 is 5.11 Å². The molecule has 0 aliphatic heterocycles. The summed E-state index contributed by atoms with van der Waals surface area (Å²) in [6, 6.07) is 1.28. The summed E-state index contributed by atoms with van der Waals surface area (Å²) in [6.45, 7) is 11.5. The summed E-state index contributed by atoms with van der Waals surface area (Å²) in [6.07, 6.45) is 7.08. The van der Waals surface area contributed by atoms with Crippen LogP contribution in [-0.4, -0.2) is 47.3 Å². The van der Waals surface area contributed by atoms with E-state index in [1.54, 1.807) is 0 Å². The Morgan fingerprint density at radius 3 is 2.63 bits per heavy atom. The molecule has 0 heterocycles. The van der Waals surface area contributed by atoms with Gasteiger partial charge in [0.05, 0.1) is 6.61 Å². The van der Waals surface area contributed by atoms with E-state index in [0.29, 0.717) is 12.1 Å². The molecule has 1 rings (SSSR count). The zero-order valence-electron chi connectivity index (χ0n) is 13.4. The van der Waals surface area contributed by atoms with Crippen molar-refractivity contribution in [3.63, 3.8) is 0 Å². The molecule has 1 fully saturated rings. The summed E-state index contributed by atoms with van der Waals surface area (Å²) in [7, 11) is 0. The third-order valence-electron chi connectivity index (χ3n) is 4.86. The molecule has 0 saturated heterocycles. The van der Waals surface area contributed by atoms with E-state index in [4.69, 9.17) is 0 Å². The Balaban J connectivity index is 2.70. The summed E-state index contributed by atoms with van der Waals surface area (Å²) in [5, 5.41) is 13.5. The number of rotatable bonds is 8. The van der Waals surface area contributed by atoms with Gasteiger partial charge in [-0.1, -0.05) is 20.8 Å². The SMILES string of the molecule is CCCNC1(CO)CCCC(N(CC)C(C)CC)C1. The van der Waals surface area contributed by atoms with Gasteiger partial charge in [-0.25, -0.2) is 0 Å². The van der Waals surface area contributed by atoms with E-state index in [2.05, 4.69) is 37.9 Å². The molecule has 3 nitrogen and oxygen atoms in total.